The van der Waals surface area contributed by atoms with Crippen LogP contribution in [-0.4, -0.2) is 17.1 Å². The summed E-state index contributed by atoms with van der Waals surface area (Å²) in [5, 5.41) is 13.4. The van der Waals surface area contributed by atoms with E-state index in [0.717, 1.165) is 66.1 Å². The van der Waals surface area contributed by atoms with E-state index < -0.39 is 0 Å². The highest BCUT2D eigenvalue weighted by atomic mass is 16.3. The number of rotatable bonds is 4. The fourth-order valence-corrected chi connectivity index (χ4v) is 8.67. The second kappa shape index (κ2) is 12.0. The predicted molar refractivity (Wildman–Crippen MR) is 218 cm³/mol. The Morgan fingerprint density at radius 1 is 0.566 bits per heavy atom. The fraction of sp³-hybridized carbons (Fsp3) is 0.0816. The lowest BCUT2D eigenvalue weighted by atomic mass is 9.78. The maximum absolute atomic E-state index is 6.73. The van der Waals surface area contributed by atoms with Crippen molar-refractivity contribution in [3.8, 4) is 22.4 Å². The number of hydrogen-bond donors (Lipinski definition) is 2. The van der Waals surface area contributed by atoms with E-state index in [-0.39, 0.29) is 18.1 Å². The van der Waals surface area contributed by atoms with Gasteiger partial charge in [0.1, 0.15) is 11.2 Å². The molecule has 2 aliphatic heterocycles. The van der Waals surface area contributed by atoms with Crippen LogP contribution in [0.5, 0.6) is 0 Å². The molecule has 4 nitrogen and oxygen atoms in total. The Morgan fingerprint density at radius 2 is 1.34 bits per heavy atom. The van der Waals surface area contributed by atoms with Gasteiger partial charge in [-0.05, 0) is 64.2 Å². The maximum Gasteiger partial charge on any atom is 0.144 e. The predicted octanol–water partition coefficient (Wildman–Crippen LogP) is 11.3. The van der Waals surface area contributed by atoms with Crippen molar-refractivity contribution in [2.45, 2.75) is 18.1 Å². The zero-order chi connectivity index (χ0) is 34.9. The summed E-state index contributed by atoms with van der Waals surface area (Å²) in [5.41, 5.74) is 12.0. The number of pyridine rings is 1. The zero-order valence-electron chi connectivity index (χ0n) is 28.9. The van der Waals surface area contributed by atoms with Gasteiger partial charge in [0.25, 0.3) is 0 Å². The first-order valence-electron chi connectivity index (χ1n) is 18.5. The van der Waals surface area contributed by atoms with E-state index in [1.165, 1.54) is 22.3 Å². The lowest BCUT2D eigenvalue weighted by Gasteiger charge is -2.42. The minimum absolute atomic E-state index is 0.168. The number of nitrogens with one attached hydrogen (secondary N) is 2. The van der Waals surface area contributed by atoms with Gasteiger partial charge in [0.2, 0.25) is 0 Å². The molecule has 2 aromatic heterocycles. The standard InChI is InChI=1S/C49H35N3O/c1-3-10-30(11-4-1)41-25-20-32-18-19-33-21-26-42(51-48(33)47(32)50-41)36-15-9-14-34(28-36)35-22-27-44-40(29-35)37-23-24-39-45(49(37)53-44)38-16-7-8-17-43(38)52-46(39)31-12-5-2-6-13-31/h1-29,32,41,47-48,50-51H. The molecule has 252 valence electrons. The molecular weight excluding hydrogens is 647 g/mol. The van der Waals surface area contributed by atoms with Gasteiger partial charge in [-0.15, -0.1) is 0 Å². The Hall–Kier alpha value is -6.49. The van der Waals surface area contributed by atoms with Gasteiger partial charge < -0.3 is 15.1 Å². The monoisotopic (exact) mass is 681 g/mol. The van der Waals surface area contributed by atoms with E-state index in [1.807, 2.05) is 6.07 Å². The molecule has 1 aliphatic carbocycles. The van der Waals surface area contributed by atoms with Crippen LogP contribution in [0.1, 0.15) is 17.2 Å². The first-order valence-corrected chi connectivity index (χ1v) is 18.5. The van der Waals surface area contributed by atoms with E-state index in [2.05, 4.69) is 181 Å². The Kier molecular flexibility index (Phi) is 6.86. The lowest BCUT2D eigenvalue weighted by molar-refractivity contribution is 0.346. The minimum Gasteiger partial charge on any atom is -0.455 e. The molecule has 3 aliphatic rings. The van der Waals surface area contributed by atoms with E-state index >= 15 is 0 Å². The molecule has 4 atom stereocenters. The summed E-state index contributed by atoms with van der Waals surface area (Å²) in [7, 11) is 0. The number of fused-ring (bicyclic) bond motifs is 10. The van der Waals surface area contributed by atoms with Crippen molar-refractivity contribution in [1.29, 1.82) is 0 Å². The van der Waals surface area contributed by atoms with Crippen LogP contribution in [0.3, 0.4) is 0 Å². The number of benzene rings is 6. The first kappa shape index (κ1) is 30.2. The van der Waals surface area contributed by atoms with E-state index in [1.54, 1.807) is 0 Å². The van der Waals surface area contributed by atoms with Crippen LogP contribution < -0.4 is 10.6 Å². The first-order chi connectivity index (χ1) is 26.2. The second-order valence-electron chi connectivity index (χ2n) is 14.4. The number of aromatic nitrogens is 1. The topological polar surface area (TPSA) is 50.1 Å². The third-order valence-corrected chi connectivity index (χ3v) is 11.3. The second-order valence-corrected chi connectivity index (χ2v) is 14.4. The van der Waals surface area contributed by atoms with Crippen LogP contribution in [0.4, 0.5) is 0 Å². The van der Waals surface area contributed by atoms with Gasteiger partial charge in [-0.3, -0.25) is 0 Å². The minimum atomic E-state index is 0.168. The van der Waals surface area contributed by atoms with Gasteiger partial charge in [0, 0.05) is 50.2 Å². The van der Waals surface area contributed by atoms with E-state index in [9.17, 15) is 0 Å². The van der Waals surface area contributed by atoms with Crippen LogP contribution in [0, 0.1) is 5.92 Å². The summed E-state index contributed by atoms with van der Waals surface area (Å²) in [5.74, 6) is 0.336. The summed E-state index contributed by atoms with van der Waals surface area (Å²) in [6, 6.07) is 50.0. The third-order valence-electron chi connectivity index (χ3n) is 11.3. The highest BCUT2D eigenvalue weighted by molar-refractivity contribution is 6.24. The Morgan fingerprint density at radius 3 is 2.25 bits per heavy atom. The van der Waals surface area contributed by atoms with Crippen molar-refractivity contribution in [3.63, 3.8) is 0 Å². The highest BCUT2D eigenvalue weighted by Crippen LogP contribution is 2.42. The Labute approximate surface area is 307 Å². The molecule has 0 radical (unpaired) electrons. The number of para-hydroxylation sites is 1. The molecule has 2 N–H and O–H groups in total. The van der Waals surface area contributed by atoms with Crippen molar-refractivity contribution >= 4 is 49.3 Å². The number of hydrogen-bond acceptors (Lipinski definition) is 4. The van der Waals surface area contributed by atoms with Crippen molar-refractivity contribution in [2.24, 2.45) is 5.92 Å². The SMILES string of the molecule is C1=CC2C=CC(c3ccccc3)NC2C2NC(c3cccc(-c4ccc5oc6c(ccc7c(-c8ccccc8)nc8ccccc8c76)c5c4)c3)=CC=C12. The number of allylic oxidation sites excluding steroid dienone is 2. The highest BCUT2D eigenvalue weighted by Gasteiger charge is 2.37. The lowest BCUT2D eigenvalue weighted by Crippen LogP contribution is -2.55. The van der Waals surface area contributed by atoms with Gasteiger partial charge >= 0.3 is 0 Å². The molecule has 0 amide bonds. The van der Waals surface area contributed by atoms with E-state index in [0.29, 0.717) is 5.92 Å². The Balaban J connectivity index is 0.959. The summed E-state index contributed by atoms with van der Waals surface area (Å²) in [4.78, 5) is 5.13. The van der Waals surface area contributed by atoms with Crippen LogP contribution in [0.25, 0.3) is 71.7 Å². The van der Waals surface area contributed by atoms with E-state index in [4.69, 9.17) is 9.40 Å². The largest absolute Gasteiger partial charge is 0.455 e. The van der Waals surface area contributed by atoms with Crippen LogP contribution >= 0.6 is 0 Å². The molecule has 4 heteroatoms. The summed E-state index contributed by atoms with van der Waals surface area (Å²) >= 11 is 0. The molecule has 4 unspecified atom stereocenters. The zero-order valence-corrected chi connectivity index (χ0v) is 28.9. The number of dihydropyridines is 1. The molecule has 0 saturated heterocycles. The maximum atomic E-state index is 6.73. The molecule has 0 bridgehead atoms. The smallest absolute Gasteiger partial charge is 0.144 e. The van der Waals surface area contributed by atoms with Crippen LogP contribution in [0.15, 0.2) is 186 Å². The van der Waals surface area contributed by atoms with Gasteiger partial charge in [-0.1, -0.05) is 140 Å². The molecule has 11 rings (SSSR count). The third kappa shape index (κ3) is 4.98. The number of nitrogens with zero attached hydrogens (tertiary/aromatic N) is 1. The summed E-state index contributed by atoms with van der Waals surface area (Å²) in [6.45, 7) is 0. The van der Waals surface area contributed by atoms with Crippen LogP contribution in [0.2, 0.25) is 0 Å². The molecule has 8 aromatic rings. The molecule has 4 heterocycles. The molecular formula is C49H35N3O. The normalized spacial score (nSPS) is 20.6. The molecule has 6 aromatic carbocycles. The summed E-state index contributed by atoms with van der Waals surface area (Å²) in [6.07, 6.45) is 13.8. The van der Waals surface area contributed by atoms with Gasteiger partial charge in [-0.2, -0.15) is 0 Å². The van der Waals surface area contributed by atoms with Crippen molar-refractivity contribution in [3.05, 3.63) is 193 Å². The fourth-order valence-electron chi connectivity index (χ4n) is 8.67. The van der Waals surface area contributed by atoms with Crippen molar-refractivity contribution in [2.75, 3.05) is 0 Å². The van der Waals surface area contributed by atoms with Gasteiger partial charge in [-0.25, -0.2) is 4.98 Å². The molecule has 0 fully saturated rings. The average molecular weight is 682 g/mol. The van der Waals surface area contributed by atoms with Crippen molar-refractivity contribution in [1.82, 2.24) is 15.6 Å². The quantitative estimate of drug-likeness (QED) is 0.143. The molecule has 0 spiro atoms. The Bertz CT molecular complexity index is 2860. The van der Waals surface area contributed by atoms with Gasteiger partial charge in [0.05, 0.1) is 23.3 Å². The van der Waals surface area contributed by atoms with Crippen molar-refractivity contribution < 1.29 is 4.42 Å². The molecule has 53 heavy (non-hydrogen) atoms. The van der Waals surface area contributed by atoms with Gasteiger partial charge in [0.15, 0.2) is 0 Å². The molecule has 0 saturated carbocycles. The number of furan rings is 1. The van der Waals surface area contributed by atoms with Crippen LogP contribution in [-0.2, 0) is 0 Å². The summed E-state index contributed by atoms with van der Waals surface area (Å²) < 4.78 is 6.73. The average Bonchev–Trinajstić information content (AvgIpc) is 3.62.